The number of unbranched alkanes of at least 4 members (excludes halogenated alkanes) is 1. The van der Waals surface area contributed by atoms with Crippen molar-refractivity contribution in [1.29, 1.82) is 0 Å². The van der Waals surface area contributed by atoms with Crippen LogP contribution < -0.4 is 5.32 Å². The maximum absolute atomic E-state index is 11.8. The van der Waals surface area contributed by atoms with Crippen molar-refractivity contribution in [3.8, 4) is 0 Å². The summed E-state index contributed by atoms with van der Waals surface area (Å²) in [6.07, 6.45) is 7.23. The molecule has 0 fully saturated rings. The van der Waals surface area contributed by atoms with E-state index in [1.54, 1.807) is 0 Å². The highest BCUT2D eigenvalue weighted by Crippen LogP contribution is 2.04. The van der Waals surface area contributed by atoms with Crippen molar-refractivity contribution in [1.82, 2.24) is 14.7 Å². The van der Waals surface area contributed by atoms with Crippen molar-refractivity contribution >= 4 is 11.6 Å². The van der Waals surface area contributed by atoms with Crippen molar-refractivity contribution in [2.24, 2.45) is 0 Å². The minimum atomic E-state index is 0.00645. The van der Waals surface area contributed by atoms with Gasteiger partial charge in [-0.05, 0) is 25.0 Å². The molecule has 5 nitrogen and oxygen atoms in total. The highest BCUT2D eigenvalue weighted by Gasteiger charge is 2.06. The Kier molecular flexibility index (Phi) is 6.22. The normalized spacial score (nSPS) is 10.9. The Morgan fingerprint density at radius 1 is 1.33 bits per heavy atom. The van der Waals surface area contributed by atoms with Crippen LogP contribution in [0.3, 0.4) is 0 Å². The number of imidazole rings is 1. The van der Waals surface area contributed by atoms with Crippen molar-refractivity contribution in [3.05, 3.63) is 36.3 Å². The summed E-state index contributed by atoms with van der Waals surface area (Å²) in [5.41, 5.74) is 1.66. The number of amides is 1. The molecular formula is C16H23N3O2. The van der Waals surface area contributed by atoms with E-state index in [0.29, 0.717) is 19.6 Å². The van der Waals surface area contributed by atoms with Gasteiger partial charge in [0.1, 0.15) is 5.65 Å². The molecule has 0 aliphatic rings. The first-order valence-electron chi connectivity index (χ1n) is 7.56. The smallest absolute Gasteiger partial charge is 0.226 e. The Bertz CT molecular complexity index is 532. The zero-order valence-electron chi connectivity index (χ0n) is 12.5. The number of carbonyl (C=O) groups is 1. The molecule has 0 aliphatic carbocycles. The molecule has 0 aliphatic heterocycles. The Morgan fingerprint density at radius 3 is 3.00 bits per heavy atom. The predicted octanol–water partition coefficient (Wildman–Crippen LogP) is 2.20. The maximum atomic E-state index is 11.8. The largest absolute Gasteiger partial charge is 0.381 e. The van der Waals surface area contributed by atoms with Gasteiger partial charge < -0.3 is 14.5 Å². The third kappa shape index (κ3) is 5.19. The van der Waals surface area contributed by atoms with Crippen LogP contribution in [0.2, 0.25) is 0 Å². The van der Waals surface area contributed by atoms with Crippen LogP contribution in [0.4, 0.5) is 0 Å². The van der Waals surface area contributed by atoms with Gasteiger partial charge in [0.25, 0.3) is 0 Å². The number of hydrogen-bond acceptors (Lipinski definition) is 3. The number of carbonyl (C=O) groups excluding carboxylic acids is 1. The number of aromatic nitrogens is 2. The van der Waals surface area contributed by atoms with Crippen LogP contribution in [-0.4, -0.2) is 35.1 Å². The van der Waals surface area contributed by atoms with Crippen LogP contribution in [0, 0.1) is 0 Å². The van der Waals surface area contributed by atoms with Crippen molar-refractivity contribution in [2.45, 2.75) is 32.6 Å². The van der Waals surface area contributed by atoms with Gasteiger partial charge in [0, 0.05) is 32.2 Å². The minimum Gasteiger partial charge on any atom is -0.381 e. The second-order valence-corrected chi connectivity index (χ2v) is 5.04. The molecule has 2 rings (SSSR count). The fourth-order valence-corrected chi connectivity index (χ4v) is 2.05. The quantitative estimate of drug-likeness (QED) is 0.720. The fraction of sp³-hybridized carbons (Fsp3) is 0.500. The first-order valence-corrected chi connectivity index (χ1v) is 7.56. The zero-order chi connectivity index (χ0) is 14.9. The molecule has 0 atom stereocenters. The monoisotopic (exact) mass is 289 g/mol. The van der Waals surface area contributed by atoms with E-state index >= 15 is 0 Å². The van der Waals surface area contributed by atoms with Crippen LogP contribution in [0.5, 0.6) is 0 Å². The van der Waals surface area contributed by atoms with E-state index in [1.807, 2.05) is 35.0 Å². The molecule has 1 amide bonds. The number of hydrogen-bond donors (Lipinski definition) is 1. The van der Waals surface area contributed by atoms with E-state index in [-0.39, 0.29) is 5.91 Å². The highest BCUT2D eigenvalue weighted by atomic mass is 16.5. The molecule has 0 bridgehead atoms. The summed E-state index contributed by atoms with van der Waals surface area (Å²) in [6, 6.07) is 5.80. The summed E-state index contributed by atoms with van der Waals surface area (Å²) < 4.78 is 7.37. The minimum absolute atomic E-state index is 0.00645. The summed E-state index contributed by atoms with van der Waals surface area (Å²) in [6.45, 7) is 4.31. The lowest BCUT2D eigenvalue weighted by molar-refractivity contribution is -0.120. The lowest BCUT2D eigenvalue weighted by Crippen LogP contribution is -2.27. The van der Waals surface area contributed by atoms with Gasteiger partial charge in [-0.3, -0.25) is 4.79 Å². The molecule has 0 unspecified atom stereocenters. The van der Waals surface area contributed by atoms with Gasteiger partial charge in [-0.15, -0.1) is 0 Å². The van der Waals surface area contributed by atoms with Gasteiger partial charge in [-0.1, -0.05) is 19.4 Å². The highest BCUT2D eigenvalue weighted by molar-refractivity contribution is 5.78. The van der Waals surface area contributed by atoms with Crippen molar-refractivity contribution in [2.75, 3.05) is 19.8 Å². The summed E-state index contributed by atoms with van der Waals surface area (Å²) in [5.74, 6) is 0.00645. The second kappa shape index (κ2) is 8.42. The summed E-state index contributed by atoms with van der Waals surface area (Å²) in [4.78, 5) is 16.2. The van der Waals surface area contributed by atoms with Gasteiger partial charge in [-0.2, -0.15) is 0 Å². The molecule has 114 valence electrons. The molecule has 0 aromatic carbocycles. The Hall–Kier alpha value is -1.88. The topological polar surface area (TPSA) is 55.6 Å². The van der Waals surface area contributed by atoms with Gasteiger partial charge in [-0.25, -0.2) is 4.98 Å². The van der Waals surface area contributed by atoms with E-state index in [2.05, 4.69) is 17.2 Å². The van der Waals surface area contributed by atoms with E-state index < -0.39 is 0 Å². The van der Waals surface area contributed by atoms with Crippen molar-refractivity contribution < 1.29 is 9.53 Å². The number of rotatable bonds is 9. The van der Waals surface area contributed by atoms with Gasteiger partial charge in [0.05, 0.1) is 12.1 Å². The molecule has 21 heavy (non-hydrogen) atoms. The standard InChI is InChI=1S/C16H23N3O2/c1-2-3-10-21-11-6-8-17-16(20)12-14-13-19-9-5-4-7-15(19)18-14/h4-5,7,9,13H,2-3,6,8,10-12H2,1H3,(H,17,20). The molecule has 2 aromatic rings. The maximum Gasteiger partial charge on any atom is 0.226 e. The molecule has 1 N–H and O–H groups in total. The Morgan fingerprint density at radius 2 is 2.19 bits per heavy atom. The van der Waals surface area contributed by atoms with Crippen LogP contribution in [0.25, 0.3) is 5.65 Å². The number of ether oxygens (including phenoxy) is 1. The van der Waals surface area contributed by atoms with E-state index in [1.165, 1.54) is 0 Å². The molecular weight excluding hydrogens is 266 g/mol. The molecule has 5 heteroatoms. The summed E-state index contributed by atoms with van der Waals surface area (Å²) in [7, 11) is 0. The van der Waals surface area contributed by atoms with E-state index in [0.717, 1.165) is 37.2 Å². The van der Waals surface area contributed by atoms with Crippen LogP contribution in [-0.2, 0) is 16.0 Å². The molecule has 0 saturated heterocycles. The fourth-order valence-electron chi connectivity index (χ4n) is 2.05. The van der Waals surface area contributed by atoms with Gasteiger partial charge >= 0.3 is 0 Å². The molecule has 2 aromatic heterocycles. The van der Waals surface area contributed by atoms with Gasteiger partial charge in [0.15, 0.2) is 0 Å². The zero-order valence-corrected chi connectivity index (χ0v) is 12.5. The third-order valence-corrected chi connectivity index (χ3v) is 3.19. The Balaban J connectivity index is 1.65. The molecule has 0 radical (unpaired) electrons. The average Bonchev–Trinajstić information content (AvgIpc) is 2.88. The van der Waals surface area contributed by atoms with E-state index in [9.17, 15) is 4.79 Å². The predicted molar refractivity (Wildman–Crippen MR) is 82.2 cm³/mol. The first-order chi connectivity index (χ1) is 10.3. The SMILES string of the molecule is CCCCOCCCNC(=O)Cc1cn2ccccc2n1. The van der Waals surface area contributed by atoms with Crippen molar-refractivity contribution in [3.63, 3.8) is 0 Å². The van der Waals surface area contributed by atoms with Crippen LogP contribution >= 0.6 is 0 Å². The average molecular weight is 289 g/mol. The molecule has 0 saturated carbocycles. The molecule has 0 spiro atoms. The number of fused-ring (bicyclic) bond motifs is 1. The summed E-state index contributed by atoms with van der Waals surface area (Å²) in [5, 5.41) is 2.90. The van der Waals surface area contributed by atoms with Gasteiger partial charge in [0.2, 0.25) is 5.91 Å². The number of nitrogens with zero attached hydrogens (tertiary/aromatic N) is 2. The number of pyridine rings is 1. The summed E-state index contributed by atoms with van der Waals surface area (Å²) >= 11 is 0. The third-order valence-electron chi connectivity index (χ3n) is 3.19. The Labute approximate surface area is 125 Å². The number of nitrogens with one attached hydrogen (secondary N) is 1. The van der Waals surface area contributed by atoms with Crippen LogP contribution in [0.1, 0.15) is 31.9 Å². The van der Waals surface area contributed by atoms with Crippen LogP contribution in [0.15, 0.2) is 30.6 Å². The lowest BCUT2D eigenvalue weighted by atomic mass is 10.3. The second-order valence-electron chi connectivity index (χ2n) is 5.04. The van der Waals surface area contributed by atoms with E-state index in [4.69, 9.17) is 4.74 Å². The first kappa shape index (κ1) is 15.5. The lowest BCUT2D eigenvalue weighted by Gasteiger charge is -2.05. The molecule has 2 heterocycles.